The Bertz CT molecular complexity index is 426. The largest absolute Gasteiger partial charge is 0.488 e. The van der Waals surface area contributed by atoms with E-state index in [2.05, 4.69) is 0 Å². The Morgan fingerprint density at radius 3 is 2.72 bits per heavy atom. The van der Waals surface area contributed by atoms with Crippen molar-refractivity contribution in [2.24, 2.45) is 5.73 Å². The standard InChI is InChI=1S/C14H19NO3/c1-14(2,3)18-13(16)12(15)11-8-9-6-4-5-7-10(9)17-11/h4-7,11-12H,8,15H2,1-3H3/t11-,12-/m0/s1. The van der Waals surface area contributed by atoms with Gasteiger partial charge in [-0.1, -0.05) is 18.2 Å². The Morgan fingerprint density at radius 2 is 2.11 bits per heavy atom. The molecule has 0 spiro atoms. The minimum absolute atomic E-state index is 0.336. The molecule has 0 aromatic heterocycles. The maximum absolute atomic E-state index is 11.9. The zero-order chi connectivity index (χ0) is 13.3. The van der Waals surface area contributed by atoms with Gasteiger partial charge in [-0.15, -0.1) is 0 Å². The number of rotatable bonds is 2. The molecule has 2 N–H and O–H groups in total. The summed E-state index contributed by atoms with van der Waals surface area (Å²) in [6.45, 7) is 5.46. The fourth-order valence-electron chi connectivity index (χ4n) is 1.93. The third-order valence-corrected chi connectivity index (χ3v) is 2.75. The molecule has 1 aliphatic rings. The molecule has 1 aromatic carbocycles. The number of nitrogens with two attached hydrogens (primary N) is 1. The van der Waals surface area contributed by atoms with Crippen molar-refractivity contribution in [3.05, 3.63) is 29.8 Å². The molecule has 0 aliphatic carbocycles. The number of carbonyl (C=O) groups excluding carboxylic acids is 1. The first-order valence-corrected chi connectivity index (χ1v) is 6.10. The highest BCUT2D eigenvalue weighted by atomic mass is 16.6. The van der Waals surface area contributed by atoms with Crippen LogP contribution in [0.2, 0.25) is 0 Å². The Labute approximate surface area is 107 Å². The highest BCUT2D eigenvalue weighted by Crippen LogP contribution is 2.29. The van der Waals surface area contributed by atoms with Crippen LogP contribution in [0.5, 0.6) is 5.75 Å². The van der Waals surface area contributed by atoms with E-state index in [1.807, 2.05) is 45.0 Å². The second-order valence-corrected chi connectivity index (χ2v) is 5.53. The smallest absolute Gasteiger partial charge is 0.327 e. The van der Waals surface area contributed by atoms with Crippen LogP contribution >= 0.6 is 0 Å². The topological polar surface area (TPSA) is 61.5 Å². The van der Waals surface area contributed by atoms with Crippen LogP contribution in [0, 0.1) is 0 Å². The van der Waals surface area contributed by atoms with E-state index in [4.69, 9.17) is 15.2 Å². The van der Waals surface area contributed by atoms with E-state index in [-0.39, 0.29) is 6.10 Å². The lowest BCUT2D eigenvalue weighted by Crippen LogP contribution is -2.47. The molecular weight excluding hydrogens is 230 g/mol. The number of hydrogen-bond donors (Lipinski definition) is 1. The first-order chi connectivity index (χ1) is 8.37. The quantitative estimate of drug-likeness (QED) is 0.810. The molecule has 18 heavy (non-hydrogen) atoms. The SMILES string of the molecule is CC(C)(C)OC(=O)[C@@H](N)[C@@H]1Cc2ccccc2O1. The van der Waals surface area contributed by atoms with Crippen molar-refractivity contribution in [1.29, 1.82) is 0 Å². The average molecular weight is 249 g/mol. The summed E-state index contributed by atoms with van der Waals surface area (Å²) in [5, 5.41) is 0. The van der Waals surface area contributed by atoms with Gasteiger partial charge in [0.25, 0.3) is 0 Å². The van der Waals surface area contributed by atoms with Gasteiger partial charge in [-0.2, -0.15) is 0 Å². The Hall–Kier alpha value is -1.55. The van der Waals surface area contributed by atoms with E-state index < -0.39 is 17.6 Å². The van der Waals surface area contributed by atoms with E-state index in [0.717, 1.165) is 11.3 Å². The van der Waals surface area contributed by atoms with Crippen LogP contribution in [0.25, 0.3) is 0 Å². The van der Waals surface area contributed by atoms with Gasteiger partial charge >= 0.3 is 5.97 Å². The van der Waals surface area contributed by atoms with E-state index in [1.54, 1.807) is 0 Å². The van der Waals surface area contributed by atoms with E-state index in [1.165, 1.54) is 0 Å². The molecule has 0 saturated heterocycles. The van der Waals surface area contributed by atoms with Crippen LogP contribution < -0.4 is 10.5 Å². The monoisotopic (exact) mass is 249 g/mol. The maximum Gasteiger partial charge on any atom is 0.327 e. The van der Waals surface area contributed by atoms with Crippen molar-refractivity contribution in [3.8, 4) is 5.75 Å². The average Bonchev–Trinajstić information content (AvgIpc) is 2.68. The van der Waals surface area contributed by atoms with Crippen LogP contribution in [-0.4, -0.2) is 23.7 Å². The third-order valence-electron chi connectivity index (χ3n) is 2.75. The lowest BCUT2D eigenvalue weighted by molar-refractivity contribution is -0.158. The number of ether oxygens (including phenoxy) is 2. The Balaban J connectivity index is 2.01. The number of para-hydroxylation sites is 1. The van der Waals surface area contributed by atoms with Gasteiger partial charge in [0.1, 0.15) is 23.5 Å². The van der Waals surface area contributed by atoms with Crippen molar-refractivity contribution >= 4 is 5.97 Å². The molecule has 98 valence electrons. The molecule has 0 saturated carbocycles. The van der Waals surface area contributed by atoms with Crippen molar-refractivity contribution in [2.45, 2.75) is 44.9 Å². The van der Waals surface area contributed by atoms with Crippen LogP contribution in [0.15, 0.2) is 24.3 Å². The number of esters is 1. The second-order valence-electron chi connectivity index (χ2n) is 5.53. The predicted octanol–water partition coefficient (Wildman–Crippen LogP) is 1.66. The lowest BCUT2D eigenvalue weighted by atomic mass is 10.0. The summed E-state index contributed by atoms with van der Waals surface area (Å²) in [4.78, 5) is 11.9. The minimum atomic E-state index is -0.753. The molecule has 2 rings (SSSR count). The van der Waals surface area contributed by atoms with Crippen molar-refractivity contribution in [1.82, 2.24) is 0 Å². The predicted molar refractivity (Wildman–Crippen MR) is 68.4 cm³/mol. The first kappa shape index (κ1) is 12.9. The van der Waals surface area contributed by atoms with Crippen LogP contribution in [0.3, 0.4) is 0 Å². The third kappa shape index (κ3) is 2.82. The number of fused-ring (bicyclic) bond motifs is 1. The van der Waals surface area contributed by atoms with Gasteiger partial charge in [-0.05, 0) is 32.4 Å². The van der Waals surface area contributed by atoms with E-state index >= 15 is 0 Å². The van der Waals surface area contributed by atoms with Gasteiger partial charge in [0, 0.05) is 6.42 Å². The lowest BCUT2D eigenvalue weighted by Gasteiger charge is -2.24. The fourth-order valence-corrected chi connectivity index (χ4v) is 1.93. The number of benzene rings is 1. The molecule has 1 aliphatic heterocycles. The molecule has 0 bridgehead atoms. The van der Waals surface area contributed by atoms with Crippen molar-refractivity contribution < 1.29 is 14.3 Å². The summed E-state index contributed by atoms with van der Waals surface area (Å²) in [6, 6.07) is 6.97. The van der Waals surface area contributed by atoms with Crippen LogP contribution in [-0.2, 0) is 16.0 Å². The number of carbonyl (C=O) groups is 1. The van der Waals surface area contributed by atoms with E-state index in [9.17, 15) is 4.79 Å². The molecular formula is C14H19NO3. The molecule has 0 fully saturated rings. The summed E-state index contributed by atoms with van der Waals surface area (Å²) < 4.78 is 10.9. The fraction of sp³-hybridized carbons (Fsp3) is 0.500. The van der Waals surface area contributed by atoms with Crippen LogP contribution in [0.4, 0.5) is 0 Å². The van der Waals surface area contributed by atoms with Gasteiger partial charge < -0.3 is 15.2 Å². The Morgan fingerprint density at radius 1 is 1.44 bits per heavy atom. The summed E-state index contributed by atoms with van der Waals surface area (Å²) in [5.41, 5.74) is 6.47. The molecule has 0 amide bonds. The minimum Gasteiger partial charge on any atom is -0.488 e. The highest BCUT2D eigenvalue weighted by molar-refractivity contribution is 5.77. The van der Waals surface area contributed by atoms with Crippen molar-refractivity contribution in [2.75, 3.05) is 0 Å². The van der Waals surface area contributed by atoms with Crippen molar-refractivity contribution in [3.63, 3.8) is 0 Å². The summed E-state index contributed by atoms with van der Waals surface area (Å²) in [5.74, 6) is 0.391. The van der Waals surface area contributed by atoms with Gasteiger partial charge in [0.05, 0.1) is 0 Å². The molecule has 4 heteroatoms. The maximum atomic E-state index is 11.9. The van der Waals surface area contributed by atoms with Gasteiger partial charge in [-0.25, -0.2) is 0 Å². The molecule has 1 heterocycles. The molecule has 0 unspecified atom stereocenters. The van der Waals surface area contributed by atoms with Gasteiger partial charge in [0.2, 0.25) is 0 Å². The molecule has 1 aromatic rings. The first-order valence-electron chi connectivity index (χ1n) is 6.10. The zero-order valence-electron chi connectivity index (χ0n) is 11.0. The molecule has 4 nitrogen and oxygen atoms in total. The zero-order valence-corrected chi connectivity index (χ0v) is 11.0. The molecule has 2 atom stereocenters. The summed E-state index contributed by atoms with van der Waals surface area (Å²) in [6.07, 6.45) is 0.314. The Kier molecular flexibility index (Phi) is 3.30. The normalized spacial score (nSPS) is 19.9. The van der Waals surface area contributed by atoms with E-state index in [0.29, 0.717) is 6.42 Å². The highest BCUT2D eigenvalue weighted by Gasteiger charge is 2.34. The second kappa shape index (κ2) is 4.61. The summed E-state index contributed by atoms with van der Waals surface area (Å²) in [7, 11) is 0. The summed E-state index contributed by atoms with van der Waals surface area (Å²) >= 11 is 0. The molecule has 0 radical (unpaired) electrons. The number of hydrogen-bond acceptors (Lipinski definition) is 4. The van der Waals surface area contributed by atoms with Crippen LogP contribution in [0.1, 0.15) is 26.3 Å². The van der Waals surface area contributed by atoms with Gasteiger partial charge in [-0.3, -0.25) is 4.79 Å². The van der Waals surface area contributed by atoms with Gasteiger partial charge in [0.15, 0.2) is 0 Å².